The molecule has 0 fully saturated rings. The maximum Gasteiger partial charge on any atom is 0.0602 e. The molecule has 2 radical (unpaired) electrons. The van der Waals surface area contributed by atoms with E-state index < -0.39 is 0 Å². The summed E-state index contributed by atoms with van der Waals surface area (Å²) in [5.41, 5.74) is 36.6. The van der Waals surface area contributed by atoms with E-state index in [1.807, 2.05) is 36.7 Å². The minimum absolute atomic E-state index is 0. The van der Waals surface area contributed by atoms with E-state index in [1.165, 1.54) is 35.1 Å². The molecule has 8 nitrogen and oxygen atoms in total. The van der Waals surface area contributed by atoms with E-state index >= 15 is 0 Å². The molecule has 0 amide bonds. The van der Waals surface area contributed by atoms with Gasteiger partial charge in [0, 0.05) is 136 Å². The Kier molecular flexibility index (Phi) is 17.9. The van der Waals surface area contributed by atoms with Crippen molar-refractivity contribution >= 4 is 0 Å². The largest absolute Gasteiger partial charge is 0.670 e. The van der Waals surface area contributed by atoms with Crippen molar-refractivity contribution in [1.82, 2.24) is 19.9 Å². The van der Waals surface area contributed by atoms with E-state index in [4.69, 9.17) is 22.9 Å². The molecule has 2 unspecified atom stereocenters. The fraction of sp³-hybridized carbons (Fsp3) is 0.444. The first-order valence-corrected chi connectivity index (χ1v) is 16.2. The average Bonchev–Trinajstić information content (AvgIpc) is 3.07. The number of aryl methyl sites for hydroxylation is 4. The van der Waals surface area contributed by atoms with Crippen LogP contribution in [0.25, 0.3) is 11.5 Å². The SMILES string of the molecule is NC1CCCc2cccnc21.N[C@@H]1CCCc2cccnc21.[Ac].[Ac].[NH-]C1CCCc2cccnc21.[NH-][C@@H]1CCCc2cccnc21. The number of pyridine rings is 4. The van der Waals surface area contributed by atoms with E-state index in [9.17, 15) is 0 Å². The molecule has 4 aliphatic carbocycles. The molecule has 8 rings (SSSR count). The van der Waals surface area contributed by atoms with Crippen molar-refractivity contribution in [3.63, 3.8) is 0 Å². The van der Waals surface area contributed by atoms with Crippen LogP contribution < -0.4 is 11.5 Å². The van der Waals surface area contributed by atoms with Gasteiger partial charge in [0.25, 0.3) is 0 Å². The van der Waals surface area contributed by atoms with Gasteiger partial charge in [0.15, 0.2) is 0 Å². The second-order valence-electron chi connectivity index (χ2n) is 12.1. The third-order valence-electron chi connectivity index (χ3n) is 8.87. The van der Waals surface area contributed by atoms with E-state index in [1.54, 1.807) is 12.4 Å². The Labute approximate surface area is 346 Å². The van der Waals surface area contributed by atoms with Crippen molar-refractivity contribution in [3.05, 3.63) is 130 Å². The topological polar surface area (TPSA) is 151 Å². The quantitative estimate of drug-likeness (QED) is 0.183. The first-order valence-electron chi connectivity index (χ1n) is 16.2. The van der Waals surface area contributed by atoms with Crippen molar-refractivity contribution in [2.24, 2.45) is 11.5 Å². The van der Waals surface area contributed by atoms with Gasteiger partial charge in [0.2, 0.25) is 0 Å². The first-order chi connectivity index (χ1) is 21.5. The Morgan fingerprint density at radius 2 is 0.739 bits per heavy atom. The predicted octanol–water partition coefficient (Wildman–Crippen LogP) is 7.86. The maximum absolute atomic E-state index is 7.69. The van der Waals surface area contributed by atoms with E-state index in [-0.39, 0.29) is 112 Å². The number of aromatic nitrogens is 4. The van der Waals surface area contributed by atoms with Gasteiger partial charge in [-0.2, -0.15) is 0 Å². The van der Waals surface area contributed by atoms with Crippen LogP contribution in [-0.2, 0) is 25.7 Å². The number of nitrogens with two attached hydrogens (primary N) is 2. The fourth-order valence-electron chi connectivity index (χ4n) is 6.51. The van der Waals surface area contributed by atoms with Crippen LogP contribution in [-0.4, -0.2) is 19.9 Å². The van der Waals surface area contributed by atoms with E-state index in [0.29, 0.717) is 0 Å². The summed E-state index contributed by atoms with van der Waals surface area (Å²) in [7, 11) is 0. The summed E-state index contributed by atoms with van der Waals surface area (Å²) in [5.74, 6) is 0. The summed E-state index contributed by atoms with van der Waals surface area (Å²) in [5, 5.41) is 0. The second-order valence-corrected chi connectivity index (χ2v) is 12.1. The zero-order chi connectivity index (χ0) is 30.7. The molecule has 4 atom stereocenters. The molecule has 4 aliphatic rings. The molecule has 0 spiro atoms. The zero-order valence-electron chi connectivity index (χ0n) is 26.8. The Bertz CT molecular complexity index is 1260. The third kappa shape index (κ3) is 11.2. The number of rotatable bonds is 0. The van der Waals surface area contributed by atoms with Crippen LogP contribution in [0.1, 0.15) is 121 Å². The Balaban J connectivity index is 0.000000165. The van der Waals surface area contributed by atoms with Crippen molar-refractivity contribution in [3.8, 4) is 0 Å². The molecule has 4 aromatic heterocycles. The normalized spacial score (nSPS) is 21.8. The Hall–Kier alpha value is -0.677. The standard InChI is InChI=1S/2C9H12N2.2C9H11N2.2Ac/c4*10-8-5-1-3-7-4-2-6-11-9(7)8;;/h2*2,4,6,8H,1,3,5,10H2;2*2,4,6,8,10H,1,3,5H2;;/q;;2*-1;;/t8-;;8-;;;/m1.1.../s1. The van der Waals surface area contributed by atoms with Gasteiger partial charge < -0.3 is 22.9 Å². The van der Waals surface area contributed by atoms with Crippen LogP contribution >= 0.6 is 0 Å². The fourth-order valence-corrected chi connectivity index (χ4v) is 6.51. The van der Waals surface area contributed by atoms with Gasteiger partial charge in [-0.1, -0.05) is 62.0 Å². The smallest absolute Gasteiger partial charge is 0.0602 e. The summed E-state index contributed by atoms with van der Waals surface area (Å²) >= 11 is 0. The van der Waals surface area contributed by atoms with Crippen LogP contribution in [0.3, 0.4) is 0 Å². The summed E-state index contributed by atoms with van der Waals surface area (Å²) in [6.07, 6.45) is 20.6. The molecule has 46 heavy (non-hydrogen) atoms. The van der Waals surface area contributed by atoms with Crippen LogP contribution in [0.2, 0.25) is 0 Å². The Morgan fingerprint density at radius 1 is 0.457 bits per heavy atom. The van der Waals surface area contributed by atoms with Crippen LogP contribution in [0.15, 0.2) is 73.3 Å². The molecule has 238 valence electrons. The van der Waals surface area contributed by atoms with E-state index in [2.05, 4.69) is 44.2 Å². The number of fused-ring (bicyclic) bond motifs is 4. The van der Waals surface area contributed by atoms with Crippen LogP contribution in [0.4, 0.5) is 0 Å². The van der Waals surface area contributed by atoms with Gasteiger partial charge in [-0.3, -0.25) is 19.9 Å². The third-order valence-corrected chi connectivity index (χ3v) is 8.87. The van der Waals surface area contributed by atoms with Gasteiger partial charge in [-0.15, -0.1) is 0 Å². The minimum Gasteiger partial charge on any atom is -0.670 e. The molecule has 0 aromatic carbocycles. The molecular weight excluding hydrogens is 998 g/mol. The number of hydrogen-bond donors (Lipinski definition) is 2. The van der Waals surface area contributed by atoms with Crippen molar-refractivity contribution in [2.75, 3.05) is 0 Å². The summed E-state index contributed by atoms with van der Waals surface area (Å²) in [6.45, 7) is 0. The van der Waals surface area contributed by atoms with Crippen molar-refractivity contribution < 1.29 is 88.1 Å². The van der Waals surface area contributed by atoms with Crippen molar-refractivity contribution in [2.45, 2.75) is 101 Å². The molecule has 4 heterocycles. The molecule has 0 saturated heterocycles. The number of nitrogens with zero attached hydrogens (tertiary/aromatic N) is 4. The minimum atomic E-state index is -0.0695. The predicted molar refractivity (Wildman–Crippen MR) is 177 cm³/mol. The van der Waals surface area contributed by atoms with Gasteiger partial charge in [-0.25, -0.2) is 0 Å². The summed E-state index contributed by atoms with van der Waals surface area (Å²) in [6, 6.07) is 16.5. The molecule has 0 saturated carbocycles. The molecule has 6 N–H and O–H groups in total. The molecule has 10 heteroatoms. The molecule has 0 aliphatic heterocycles. The number of hydrogen-bond acceptors (Lipinski definition) is 6. The van der Waals surface area contributed by atoms with Gasteiger partial charge in [0.05, 0.1) is 11.4 Å². The summed E-state index contributed by atoms with van der Waals surface area (Å²) < 4.78 is 0. The average molecular weight is 1040 g/mol. The maximum atomic E-state index is 7.69. The van der Waals surface area contributed by atoms with Gasteiger partial charge in [0.1, 0.15) is 0 Å². The summed E-state index contributed by atoms with van der Waals surface area (Å²) in [4.78, 5) is 17.0. The van der Waals surface area contributed by atoms with Gasteiger partial charge in [-0.05, 0) is 97.9 Å². The van der Waals surface area contributed by atoms with E-state index in [0.717, 1.165) is 87.0 Å². The zero-order valence-corrected chi connectivity index (χ0v) is 36.3. The van der Waals surface area contributed by atoms with Crippen molar-refractivity contribution in [1.29, 1.82) is 0 Å². The second kappa shape index (κ2) is 20.7. The monoisotopic (exact) mass is 1040 g/mol. The molecule has 0 bridgehead atoms. The molecular formula is C36H46Ac2N8-2. The van der Waals surface area contributed by atoms with Crippen LogP contribution in [0.5, 0.6) is 0 Å². The molecule has 4 aromatic rings. The number of nitrogens with one attached hydrogen (secondary N) is 2. The van der Waals surface area contributed by atoms with Crippen LogP contribution in [0, 0.1) is 88.1 Å². The van der Waals surface area contributed by atoms with Gasteiger partial charge >= 0.3 is 0 Å². The first kappa shape index (κ1) is 39.8. The Morgan fingerprint density at radius 3 is 1.04 bits per heavy atom.